The molecule has 0 bridgehead atoms. The highest BCUT2D eigenvalue weighted by atomic mass is 15.4. The van der Waals surface area contributed by atoms with E-state index in [1.165, 1.54) is 70.4 Å². The average Bonchev–Trinajstić information content (AvgIpc) is 3.04. The molecule has 1 aromatic rings. The summed E-state index contributed by atoms with van der Waals surface area (Å²) in [6, 6.07) is 3.66. The maximum absolute atomic E-state index is 4.59. The van der Waals surface area contributed by atoms with Gasteiger partial charge >= 0.3 is 0 Å². The van der Waals surface area contributed by atoms with Crippen LogP contribution in [0.5, 0.6) is 0 Å². The van der Waals surface area contributed by atoms with Gasteiger partial charge in [0.05, 0.1) is 11.7 Å². The first-order valence-corrected chi connectivity index (χ1v) is 8.39. The van der Waals surface area contributed by atoms with Gasteiger partial charge in [-0.05, 0) is 51.3 Å². The standard InChI is InChI=1S/C16H26N4/c1-2-10-18(9-1)11-7-16-13-19(14-4-3-5-14)12-15-6-8-17-20(15)16/h6,8,14,16H,1-5,7,9-13H2. The summed E-state index contributed by atoms with van der Waals surface area (Å²) in [5.74, 6) is 0. The van der Waals surface area contributed by atoms with E-state index in [4.69, 9.17) is 0 Å². The third-order valence-electron chi connectivity index (χ3n) is 5.48. The molecule has 4 rings (SSSR count). The van der Waals surface area contributed by atoms with Crippen LogP contribution in [0, 0.1) is 0 Å². The van der Waals surface area contributed by atoms with Gasteiger partial charge in [-0.3, -0.25) is 9.58 Å². The molecule has 20 heavy (non-hydrogen) atoms. The van der Waals surface area contributed by atoms with E-state index in [9.17, 15) is 0 Å². The van der Waals surface area contributed by atoms with Gasteiger partial charge < -0.3 is 4.90 Å². The Morgan fingerprint density at radius 3 is 2.75 bits per heavy atom. The van der Waals surface area contributed by atoms with E-state index in [0.29, 0.717) is 6.04 Å². The van der Waals surface area contributed by atoms with Gasteiger partial charge in [-0.2, -0.15) is 5.10 Å². The van der Waals surface area contributed by atoms with E-state index in [-0.39, 0.29) is 0 Å². The van der Waals surface area contributed by atoms with E-state index in [1.54, 1.807) is 0 Å². The van der Waals surface area contributed by atoms with Crippen LogP contribution in [0.1, 0.15) is 50.3 Å². The average molecular weight is 274 g/mol. The largest absolute Gasteiger partial charge is 0.303 e. The number of aromatic nitrogens is 2. The number of likely N-dealkylation sites (tertiary alicyclic amines) is 1. The molecular weight excluding hydrogens is 248 g/mol. The fourth-order valence-electron chi connectivity index (χ4n) is 4.00. The van der Waals surface area contributed by atoms with Crippen molar-refractivity contribution in [3.05, 3.63) is 18.0 Å². The highest BCUT2D eigenvalue weighted by Crippen LogP contribution is 2.32. The molecule has 1 atom stereocenters. The third-order valence-corrected chi connectivity index (χ3v) is 5.48. The summed E-state index contributed by atoms with van der Waals surface area (Å²) >= 11 is 0. The molecule has 3 heterocycles. The Hall–Kier alpha value is -0.870. The Morgan fingerprint density at radius 2 is 2.00 bits per heavy atom. The summed E-state index contributed by atoms with van der Waals surface area (Å²) in [6.45, 7) is 6.20. The SMILES string of the molecule is c1cc2n(n1)C(CCN1CCCC1)CN(C1CCC1)C2. The predicted molar refractivity (Wildman–Crippen MR) is 79.6 cm³/mol. The second-order valence-electron chi connectivity index (χ2n) is 6.77. The molecule has 4 heteroatoms. The summed E-state index contributed by atoms with van der Waals surface area (Å²) in [5, 5.41) is 4.59. The monoisotopic (exact) mass is 274 g/mol. The molecule has 0 aromatic carbocycles. The van der Waals surface area contributed by atoms with Gasteiger partial charge in [0, 0.05) is 31.9 Å². The minimum Gasteiger partial charge on any atom is -0.303 e. The van der Waals surface area contributed by atoms with Crippen LogP contribution < -0.4 is 0 Å². The number of fused-ring (bicyclic) bond motifs is 1. The van der Waals surface area contributed by atoms with Gasteiger partial charge in [-0.1, -0.05) is 6.42 Å². The smallest absolute Gasteiger partial charge is 0.0662 e. The first kappa shape index (κ1) is 12.8. The lowest BCUT2D eigenvalue weighted by atomic mass is 9.90. The first-order chi connectivity index (χ1) is 9.90. The van der Waals surface area contributed by atoms with Crippen molar-refractivity contribution >= 4 is 0 Å². The molecule has 1 saturated heterocycles. The lowest BCUT2D eigenvalue weighted by Gasteiger charge is -2.43. The summed E-state index contributed by atoms with van der Waals surface area (Å²) < 4.78 is 2.31. The van der Waals surface area contributed by atoms with Gasteiger partial charge in [0.15, 0.2) is 0 Å². The van der Waals surface area contributed by atoms with Crippen LogP contribution in [0.2, 0.25) is 0 Å². The first-order valence-electron chi connectivity index (χ1n) is 8.39. The molecular formula is C16H26N4. The normalized spacial score (nSPS) is 28.5. The molecule has 1 saturated carbocycles. The van der Waals surface area contributed by atoms with Crippen molar-refractivity contribution < 1.29 is 0 Å². The summed E-state index contributed by atoms with van der Waals surface area (Å²) in [7, 11) is 0. The molecule has 110 valence electrons. The molecule has 4 nitrogen and oxygen atoms in total. The van der Waals surface area contributed by atoms with Crippen LogP contribution in [0.3, 0.4) is 0 Å². The van der Waals surface area contributed by atoms with Crippen molar-refractivity contribution in [2.75, 3.05) is 26.2 Å². The highest BCUT2D eigenvalue weighted by Gasteiger charge is 2.32. The van der Waals surface area contributed by atoms with E-state index in [1.807, 2.05) is 6.20 Å². The zero-order valence-corrected chi connectivity index (χ0v) is 12.4. The van der Waals surface area contributed by atoms with Crippen LogP contribution in [0.15, 0.2) is 12.3 Å². The Balaban J connectivity index is 1.43. The second kappa shape index (κ2) is 5.49. The van der Waals surface area contributed by atoms with Crippen molar-refractivity contribution in [1.82, 2.24) is 19.6 Å². The molecule has 3 aliphatic rings. The van der Waals surface area contributed by atoms with Gasteiger partial charge in [-0.25, -0.2) is 0 Å². The predicted octanol–water partition coefficient (Wildman–Crippen LogP) is 2.28. The van der Waals surface area contributed by atoms with Gasteiger partial charge in [0.1, 0.15) is 0 Å². The molecule has 0 radical (unpaired) electrons. The van der Waals surface area contributed by atoms with Crippen molar-refractivity contribution in [2.45, 2.75) is 57.2 Å². The lowest BCUT2D eigenvalue weighted by Crippen LogP contribution is -2.47. The summed E-state index contributed by atoms with van der Waals surface area (Å²) in [6.07, 6.45) is 10.3. The number of hydrogen-bond donors (Lipinski definition) is 0. The third kappa shape index (κ3) is 2.40. The minimum atomic E-state index is 0.593. The summed E-state index contributed by atoms with van der Waals surface area (Å²) in [4.78, 5) is 5.35. The zero-order chi connectivity index (χ0) is 13.4. The van der Waals surface area contributed by atoms with Crippen LogP contribution in [0.4, 0.5) is 0 Å². The molecule has 1 unspecified atom stereocenters. The second-order valence-corrected chi connectivity index (χ2v) is 6.77. The van der Waals surface area contributed by atoms with Crippen molar-refractivity contribution in [2.24, 2.45) is 0 Å². The lowest BCUT2D eigenvalue weighted by molar-refractivity contribution is 0.0703. The molecule has 0 amide bonds. The van der Waals surface area contributed by atoms with Crippen LogP contribution >= 0.6 is 0 Å². The Kier molecular flexibility index (Phi) is 3.52. The van der Waals surface area contributed by atoms with Crippen LogP contribution in [0.25, 0.3) is 0 Å². The number of rotatable bonds is 4. The van der Waals surface area contributed by atoms with Crippen LogP contribution in [-0.4, -0.2) is 51.8 Å². The van der Waals surface area contributed by atoms with Gasteiger partial charge in [0.2, 0.25) is 0 Å². The van der Waals surface area contributed by atoms with Gasteiger partial charge in [-0.15, -0.1) is 0 Å². The van der Waals surface area contributed by atoms with Gasteiger partial charge in [0.25, 0.3) is 0 Å². The zero-order valence-electron chi connectivity index (χ0n) is 12.4. The molecule has 2 aliphatic heterocycles. The van der Waals surface area contributed by atoms with E-state index in [0.717, 1.165) is 12.6 Å². The molecule has 1 aromatic heterocycles. The van der Waals surface area contributed by atoms with E-state index in [2.05, 4.69) is 25.6 Å². The Morgan fingerprint density at radius 1 is 1.15 bits per heavy atom. The number of hydrogen-bond acceptors (Lipinski definition) is 3. The highest BCUT2D eigenvalue weighted by molar-refractivity contribution is 5.06. The van der Waals surface area contributed by atoms with Crippen molar-refractivity contribution in [3.8, 4) is 0 Å². The van der Waals surface area contributed by atoms with E-state index >= 15 is 0 Å². The Labute approximate surface area is 121 Å². The fourth-order valence-corrected chi connectivity index (χ4v) is 4.00. The molecule has 0 N–H and O–H groups in total. The summed E-state index contributed by atoms with van der Waals surface area (Å²) in [5.41, 5.74) is 1.43. The van der Waals surface area contributed by atoms with Crippen molar-refractivity contribution in [1.29, 1.82) is 0 Å². The maximum atomic E-state index is 4.59. The molecule has 0 spiro atoms. The maximum Gasteiger partial charge on any atom is 0.0662 e. The molecule has 1 aliphatic carbocycles. The Bertz CT molecular complexity index is 445. The fraction of sp³-hybridized carbons (Fsp3) is 0.812. The topological polar surface area (TPSA) is 24.3 Å². The van der Waals surface area contributed by atoms with Crippen LogP contribution in [-0.2, 0) is 6.54 Å². The minimum absolute atomic E-state index is 0.593. The number of nitrogens with zero attached hydrogens (tertiary/aromatic N) is 4. The molecule has 2 fully saturated rings. The quantitative estimate of drug-likeness (QED) is 0.842. The van der Waals surface area contributed by atoms with Crippen molar-refractivity contribution in [3.63, 3.8) is 0 Å². The van der Waals surface area contributed by atoms with E-state index < -0.39 is 0 Å².